The summed E-state index contributed by atoms with van der Waals surface area (Å²) < 4.78 is 27.5. The summed E-state index contributed by atoms with van der Waals surface area (Å²) in [7, 11) is -3.65. The number of aromatic nitrogens is 4. The fourth-order valence-corrected chi connectivity index (χ4v) is 2.08. The third-order valence-electron chi connectivity index (χ3n) is 1.98. The van der Waals surface area contributed by atoms with E-state index in [1.807, 2.05) is 6.92 Å². The standard InChI is InChI=1S/C8H11N5O2S/c1-2-13-5-7(11-6-13)16(14,15)12-8-9-3-4-10-8/h3-6H,2H2,1H3,(H2,9,10,12). The first kappa shape index (κ1) is 10.7. The first-order valence-corrected chi connectivity index (χ1v) is 6.14. The number of imidazole rings is 2. The number of H-pyrrole nitrogens is 1. The van der Waals surface area contributed by atoms with Crippen LogP contribution in [0.1, 0.15) is 6.92 Å². The maximum absolute atomic E-state index is 11.8. The van der Waals surface area contributed by atoms with Crippen molar-refractivity contribution in [3.05, 3.63) is 24.9 Å². The molecule has 0 saturated carbocycles. The van der Waals surface area contributed by atoms with E-state index < -0.39 is 10.0 Å². The second-order valence-corrected chi connectivity index (χ2v) is 4.71. The first-order chi connectivity index (χ1) is 7.62. The molecule has 7 nitrogen and oxygen atoms in total. The van der Waals surface area contributed by atoms with E-state index in [1.54, 1.807) is 4.57 Å². The Kier molecular flexibility index (Phi) is 2.65. The van der Waals surface area contributed by atoms with Crippen molar-refractivity contribution < 1.29 is 8.42 Å². The molecule has 0 fully saturated rings. The molecule has 0 aliphatic carbocycles. The SMILES string of the molecule is CCn1cnc(S(=O)(=O)Nc2ncc[nH]2)c1. The molecule has 2 heterocycles. The molecule has 2 aromatic heterocycles. The first-order valence-electron chi connectivity index (χ1n) is 4.66. The highest BCUT2D eigenvalue weighted by molar-refractivity contribution is 7.92. The van der Waals surface area contributed by atoms with Gasteiger partial charge in [0.25, 0.3) is 10.0 Å². The number of nitrogens with one attached hydrogen (secondary N) is 2. The smallest absolute Gasteiger partial charge is 0.283 e. The van der Waals surface area contributed by atoms with Crippen molar-refractivity contribution >= 4 is 16.0 Å². The van der Waals surface area contributed by atoms with Crippen LogP contribution in [-0.4, -0.2) is 27.9 Å². The lowest BCUT2D eigenvalue weighted by Gasteiger charge is -2.01. The zero-order valence-corrected chi connectivity index (χ0v) is 9.40. The zero-order valence-electron chi connectivity index (χ0n) is 8.58. The van der Waals surface area contributed by atoms with Crippen LogP contribution in [0, 0.1) is 0 Å². The molecule has 86 valence electrons. The number of sulfonamides is 1. The predicted molar refractivity (Wildman–Crippen MR) is 57.3 cm³/mol. The van der Waals surface area contributed by atoms with E-state index >= 15 is 0 Å². The summed E-state index contributed by atoms with van der Waals surface area (Å²) in [5.74, 6) is 0.172. The van der Waals surface area contributed by atoms with Gasteiger partial charge in [-0.15, -0.1) is 0 Å². The number of aromatic amines is 1. The van der Waals surface area contributed by atoms with Crippen molar-refractivity contribution in [3.63, 3.8) is 0 Å². The van der Waals surface area contributed by atoms with Crippen LogP contribution < -0.4 is 4.72 Å². The molecule has 16 heavy (non-hydrogen) atoms. The minimum absolute atomic E-state index is 0.0225. The quantitative estimate of drug-likeness (QED) is 0.811. The van der Waals surface area contributed by atoms with Crippen LogP contribution in [0.4, 0.5) is 5.95 Å². The second-order valence-electron chi connectivity index (χ2n) is 3.09. The number of hydrogen-bond donors (Lipinski definition) is 2. The van der Waals surface area contributed by atoms with E-state index in [9.17, 15) is 8.42 Å². The van der Waals surface area contributed by atoms with Gasteiger partial charge in [-0.3, -0.25) is 0 Å². The van der Waals surface area contributed by atoms with E-state index in [1.165, 1.54) is 24.9 Å². The molecule has 2 aromatic rings. The van der Waals surface area contributed by atoms with Gasteiger partial charge in [-0.1, -0.05) is 0 Å². The van der Waals surface area contributed by atoms with Crippen LogP contribution in [0.15, 0.2) is 29.9 Å². The van der Waals surface area contributed by atoms with Gasteiger partial charge in [0.15, 0.2) is 5.03 Å². The summed E-state index contributed by atoms with van der Waals surface area (Å²) in [6.45, 7) is 2.57. The van der Waals surface area contributed by atoms with Crippen LogP contribution in [0.5, 0.6) is 0 Å². The van der Waals surface area contributed by atoms with Gasteiger partial charge in [-0.25, -0.2) is 14.7 Å². The average molecular weight is 241 g/mol. The summed E-state index contributed by atoms with van der Waals surface area (Å²) in [4.78, 5) is 10.2. The van der Waals surface area contributed by atoms with Crippen LogP contribution in [-0.2, 0) is 16.6 Å². The number of anilines is 1. The maximum Gasteiger partial charge on any atom is 0.283 e. The number of aryl methyl sites for hydroxylation is 1. The van der Waals surface area contributed by atoms with Crippen molar-refractivity contribution in [1.82, 2.24) is 19.5 Å². The molecule has 0 aliphatic rings. The van der Waals surface area contributed by atoms with Crippen molar-refractivity contribution in [2.24, 2.45) is 0 Å². The predicted octanol–water partition coefficient (Wildman–Crippen LogP) is 0.427. The largest absolute Gasteiger partial charge is 0.336 e. The fourth-order valence-electron chi connectivity index (χ4n) is 1.15. The second kappa shape index (κ2) is 3.97. The summed E-state index contributed by atoms with van der Waals surface area (Å²) >= 11 is 0. The summed E-state index contributed by atoms with van der Waals surface area (Å²) in [5.41, 5.74) is 0. The molecule has 0 atom stereocenters. The van der Waals surface area contributed by atoms with E-state index in [-0.39, 0.29) is 11.0 Å². The van der Waals surface area contributed by atoms with Gasteiger partial charge in [0, 0.05) is 25.1 Å². The number of hydrogen-bond acceptors (Lipinski definition) is 4. The number of rotatable bonds is 4. The normalized spacial score (nSPS) is 11.6. The highest BCUT2D eigenvalue weighted by Gasteiger charge is 2.18. The molecule has 8 heteroatoms. The molecule has 0 bridgehead atoms. The Bertz CT molecular complexity index is 557. The summed E-state index contributed by atoms with van der Waals surface area (Å²) in [6, 6.07) is 0. The fraction of sp³-hybridized carbons (Fsp3) is 0.250. The number of nitrogens with zero attached hydrogens (tertiary/aromatic N) is 3. The van der Waals surface area contributed by atoms with Crippen LogP contribution in [0.3, 0.4) is 0 Å². The van der Waals surface area contributed by atoms with Gasteiger partial charge in [0.2, 0.25) is 5.95 Å². The Morgan fingerprint density at radius 1 is 1.50 bits per heavy atom. The average Bonchev–Trinajstić information content (AvgIpc) is 2.85. The molecule has 0 radical (unpaired) electrons. The molecular formula is C8H11N5O2S. The van der Waals surface area contributed by atoms with Gasteiger partial charge in [0.05, 0.1) is 6.33 Å². The Morgan fingerprint density at radius 3 is 2.88 bits per heavy atom. The van der Waals surface area contributed by atoms with Gasteiger partial charge in [-0.05, 0) is 6.92 Å². The molecule has 0 aliphatic heterocycles. The van der Waals surface area contributed by atoms with Gasteiger partial charge < -0.3 is 9.55 Å². The van der Waals surface area contributed by atoms with E-state index in [4.69, 9.17) is 0 Å². The van der Waals surface area contributed by atoms with Crippen molar-refractivity contribution in [2.75, 3.05) is 4.72 Å². The molecule has 0 amide bonds. The highest BCUT2D eigenvalue weighted by Crippen LogP contribution is 2.09. The Hall–Kier alpha value is -1.83. The molecule has 2 rings (SSSR count). The molecule has 0 unspecified atom stereocenters. The Balaban J connectivity index is 2.25. The molecular weight excluding hydrogens is 230 g/mol. The van der Waals surface area contributed by atoms with E-state index in [0.29, 0.717) is 6.54 Å². The maximum atomic E-state index is 11.8. The zero-order chi connectivity index (χ0) is 11.6. The lowest BCUT2D eigenvalue weighted by Crippen LogP contribution is -2.14. The Morgan fingerprint density at radius 2 is 2.31 bits per heavy atom. The van der Waals surface area contributed by atoms with E-state index in [2.05, 4.69) is 19.7 Å². The van der Waals surface area contributed by atoms with Gasteiger partial charge in [-0.2, -0.15) is 8.42 Å². The molecule has 0 aromatic carbocycles. The van der Waals surface area contributed by atoms with Crippen LogP contribution in [0.25, 0.3) is 0 Å². The lowest BCUT2D eigenvalue weighted by atomic mass is 10.7. The van der Waals surface area contributed by atoms with E-state index in [0.717, 1.165) is 0 Å². The Labute approximate surface area is 92.6 Å². The molecule has 0 spiro atoms. The third-order valence-corrected chi connectivity index (χ3v) is 3.20. The highest BCUT2D eigenvalue weighted by atomic mass is 32.2. The minimum atomic E-state index is -3.65. The minimum Gasteiger partial charge on any atom is -0.336 e. The lowest BCUT2D eigenvalue weighted by molar-refractivity contribution is 0.597. The van der Waals surface area contributed by atoms with Crippen molar-refractivity contribution in [3.8, 4) is 0 Å². The topological polar surface area (TPSA) is 92.7 Å². The van der Waals surface area contributed by atoms with Gasteiger partial charge >= 0.3 is 0 Å². The van der Waals surface area contributed by atoms with Crippen molar-refractivity contribution in [1.29, 1.82) is 0 Å². The monoisotopic (exact) mass is 241 g/mol. The summed E-state index contributed by atoms with van der Waals surface area (Å²) in [6.07, 6.45) is 5.92. The third kappa shape index (κ3) is 2.06. The summed E-state index contributed by atoms with van der Waals surface area (Å²) in [5, 5.41) is -0.0225. The van der Waals surface area contributed by atoms with Gasteiger partial charge in [0.1, 0.15) is 0 Å². The molecule has 2 N–H and O–H groups in total. The van der Waals surface area contributed by atoms with Crippen LogP contribution in [0.2, 0.25) is 0 Å². The van der Waals surface area contributed by atoms with Crippen molar-refractivity contribution in [2.45, 2.75) is 18.5 Å². The van der Waals surface area contributed by atoms with Crippen LogP contribution >= 0.6 is 0 Å². The molecule has 0 saturated heterocycles.